The lowest BCUT2D eigenvalue weighted by Gasteiger charge is -2.21. The fraction of sp³-hybridized carbons (Fsp3) is 0.348. The minimum absolute atomic E-state index is 0.234. The minimum atomic E-state index is -0.464. The number of carbonyl (C=O) groups is 2. The maximum absolute atomic E-state index is 12.3. The molecule has 0 aliphatic heterocycles. The summed E-state index contributed by atoms with van der Waals surface area (Å²) >= 11 is 0. The number of rotatable bonds is 11. The SMILES string of the molecule is CCN(CC)c1ccc(/C=N/NC(=O)CNC(=O)c2ccc(OC)c(OC)c2)c(OC)c1. The third-order valence-electron chi connectivity index (χ3n) is 4.79. The molecule has 0 aliphatic rings. The lowest BCUT2D eigenvalue weighted by Crippen LogP contribution is -2.34. The Morgan fingerprint density at radius 2 is 1.62 bits per heavy atom. The van der Waals surface area contributed by atoms with E-state index < -0.39 is 11.8 Å². The van der Waals surface area contributed by atoms with Crippen molar-refractivity contribution in [2.45, 2.75) is 13.8 Å². The van der Waals surface area contributed by atoms with E-state index in [2.05, 4.69) is 34.6 Å². The Hall–Kier alpha value is -3.75. The maximum atomic E-state index is 12.3. The highest BCUT2D eigenvalue weighted by Gasteiger charge is 2.12. The molecule has 2 aromatic carbocycles. The van der Waals surface area contributed by atoms with Gasteiger partial charge < -0.3 is 24.4 Å². The molecule has 0 aromatic heterocycles. The molecule has 9 heteroatoms. The standard InChI is InChI=1S/C23H30N4O5/c1-6-27(7-2)18-10-8-17(20(13-18)31-4)14-25-26-22(28)15-24-23(29)16-9-11-19(30-3)21(12-16)32-5/h8-14H,6-7,15H2,1-5H3,(H,24,29)(H,26,28)/b25-14+. The largest absolute Gasteiger partial charge is 0.496 e. The van der Waals surface area contributed by atoms with Gasteiger partial charge in [0.15, 0.2) is 11.5 Å². The molecule has 0 radical (unpaired) electrons. The smallest absolute Gasteiger partial charge is 0.259 e. The van der Waals surface area contributed by atoms with Crippen LogP contribution in [0, 0.1) is 0 Å². The molecule has 2 N–H and O–H groups in total. The third kappa shape index (κ3) is 6.37. The number of ether oxygens (including phenoxy) is 3. The predicted molar refractivity (Wildman–Crippen MR) is 124 cm³/mol. The van der Waals surface area contributed by atoms with E-state index in [1.165, 1.54) is 20.4 Å². The van der Waals surface area contributed by atoms with Crippen molar-refractivity contribution in [3.63, 3.8) is 0 Å². The van der Waals surface area contributed by atoms with E-state index >= 15 is 0 Å². The molecule has 0 heterocycles. The topological polar surface area (TPSA) is 101 Å². The van der Waals surface area contributed by atoms with Gasteiger partial charge in [-0.25, -0.2) is 5.43 Å². The Morgan fingerprint density at radius 3 is 2.25 bits per heavy atom. The molecule has 0 fully saturated rings. The number of anilines is 1. The fourth-order valence-electron chi connectivity index (χ4n) is 3.05. The van der Waals surface area contributed by atoms with Crippen LogP contribution in [0.2, 0.25) is 0 Å². The molecule has 172 valence electrons. The molecule has 0 aliphatic carbocycles. The summed E-state index contributed by atoms with van der Waals surface area (Å²) in [6.07, 6.45) is 1.50. The van der Waals surface area contributed by atoms with Crippen molar-refractivity contribution in [2.75, 3.05) is 45.9 Å². The Bertz CT molecular complexity index is 957. The quantitative estimate of drug-likeness (QED) is 0.409. The number of benzene rings is 2. The molecule has 0 unspecified atom stereocenters. The van der Waals surface area contributed by atoms with Crippen LogP contribution in [0.15, 0.2) is 41.5 Å². The van der Waals surface area contributed by atoms with Gasteiger partial charge >= 0.3 is 0 Å². The van der Waals surface area contributed by atoms with Crippen molar-refractivity contribution in [2.24, 2.45) is 5.10 Å². The van der Waals surface area contributed by atoms with Gasteiger partial charge in [0.1, 0.15) is 5.75 Å². The van der Waals surface area contributed by atoms with E-state index in [9.17, 15) is 9.59 Å². The van der Waals surface area contributed by atoms with E-state index in [1.54, 1.807) is 25.3 Å². The molecule has 0 saturated heterocycles. The lowest BCUT2D eigenvalue weighted by molar-refractivity contribution is -0.120. The molecule has 0 bridgehead atoms. The molecule has 0 atom stereocenters. The number of hydrazone groups is 1. The van der Waals surface area contributed by atoms with Gasteiger partial charge in [-0.05, 0) is 44.2 Å². The van der Waals surface area contributed by atoms with Crippen molar-refractivity contribution in [1.82, 2.24) is 10.7 Å². The van der Waals surface area contributed by atoms with Crippen LogP contribution in [-0.4, -0.2) is 59.0 Å². The average molecular weight is 443 g/mol. The summed E-state index contributed by atoms with van der Waals surface area (Å²) in [5.41, 5.74) is 4.51. The second-order valence-corrected chi connectivity index (χ2v) is 6.64. The average Bonchev–Trinajstić information content (AvgIpc) is 2.83. The van der Waals surface area contributed by atoms with Crippen molar-refractivity contribution in [3.05, 3.63) is 47.5 Å². The van der Waals surface area contributed by atoms with Gasteiger partial charge in [0.25, 0.3) is 11.8 Å². The monoisotopic (exact) mass is 442 g/mol. The number of nitrogens with one attached hydrogen (secondary N) is 2. The summed E-state index contributed by atoms with van der Waals surface area (Å²) in [7, 11) is 4.58. The van der Waals surface area contributed by atoms with E-state index in [-0.39, 0.29) is 6.54 Å². The second-order valence-electron chi connectivity index (χ2n) is 6.64. The summed E-state index contributed by atoms with van der Waals surface area (Å²) in [6, 6.07) is 10.5. The summed E-state index contributed by atoms with van der Waals surface area (Å²) in [4.78, 5) is 26.5. The molecule has 0 spiro atoms. The Labute approximate surface area is 188 Å². The van der Waals surface area contributed by atoms with E-state index in [0.29, 0.717) is 22.8 Å². The second kappa shape index (κ2) is 12.2. The first-order chi connectivity index (χ1) is 15.5. The summed E-state index contributed by atoms with van der Waals surface area (Å²) in [5.74, 6) is 0.702. The van der Waals surface area contributed by atoms with Gasteiger partial charge in [-0.15, -0.1) is 0 Å². The summed E-state index contributed by atoms with van der Waals surface area (Å²) < 4.78 is 15.8. The zero-order chi connectivity index (χ0) is 23.5. The van der Waals surface area contributed by atoms with Crippen LogP contribution in [0.1, 0.15) is 29.8 Å². The van der Waals surface area contributed by atoms with Gasteiger partial charge in [-0.1, -0.05) is 0 Å². The van der Waals surface area contributed by atoms with Crippen molar-refractivity contribution in [1.29, 1.82) is 0 Å². The molecule has 2 rings (SSSR count). The molecule has 2 amide bonds. The van der Waals surface area contributed by atoms with Crippen LogP contribution in [0.5, 0.6) is 17.2 Å². The summed E-state index contributed by atoms with van der Waals surface area (Å²) in [5, 5.41) is 6.50. The molecular formula is C23H30N4O5. The van der Waals surface area contributed by atoms with Crippen LogP contribution in [-0.2, 0) is 4.79 Å². The highest BCUT2D eigenvalue weighted by Crippen LogP contribution is 2.27. The number of nitrogens with zero attached hydrogens (tertiary/aromatic N) is 2. The first-order valence-electron chi connectivity index (χ1n) is 10.2. The highest BCUT2D eigenvalue weighted by molar-refractivity contribution is 5.97. The number of amides is 2. The van der Waals surface area contributed by atoms with Gasteiger partial charge in [0.05, 0.1) is 34.1 Å². The normalized spacial score (nSPS) is 10.5. The number of hydrogen-bond donors (Lipinski definition) is 2. The third-order valence-corrected chi connectivity index (χ3v) is 4.79. The first-order valence-corrected chi connectivity index (χ1v) is 10.2. The Kier molecular flexibility index (Phi) is 9.34. The van der Waals surface area contributed by atoms with Crippen LogP contribution < -0.4 is 29.9 Å². The molecule has 2 aromatic rings. The Balaban J connectivity index is 1.93. The van der Waals surface area contributed by atoms with Crippen molar-refractivity contribution < 1.29 is 23.8 Å². The molecular weight excluding hydrogens is 412 g/mol. The molecule has 9 nitrogen and oxygen atoms in total. The summed E-state index contributed by atoms with van der Waals surface area (Å²) in [6.45, 7) is 5.72. The Morgan fingerprint density at radius 1 is 0.938 bits per heavy atom. The van der Waals surface area contributed by atoms with Crippen LogP contribution in [0.25, 0.3) is 0 Å². The van der Waals surface area contributed by atoms with Crippen LogP contribution >= 0.6 is 0 Å². The van der Waals surface area contributed by atoms with E-state index in [4.69, 9.17) is 14.2 Å². The highest BCUT2D eigenvalue weighted by atomic mass is 16.5. The van der Waals surface area contributed by atoms with Gasteiger partial charge in [0.2, 0.25) is 0 Å². The predicted octanol–water partition coefficient (Wildman–Crippen LogP) is 2.44. The van der Waals surface area contributed by atoms with Crippen molar-refractivity contribution >= 4 is 23.7 Å². The van der Waals surface area contributed by atoms with Gasteiger partial charge in [-0.3, -0.25) is 9.59 Å². The van der Waals surface area contributed by atoms with Crippen LogP contribution in [0.3, 0.4) is 0 Å². The molecule has 0 saturated carbocycles. The van der Waals surface area contributed by atoms with Crippen LogP contribution in [0.4, 0.5) is 5.69 Å². The lowest BCUT2D eigenvalue weighted by atomic mass is 10.2. The number of carbonyl (C=O) groups excluding carboxylic acids is 2. The number of hydrogen-bond acceptors (Lipinski definition) is 7. The van der Waals surface area contributed by atoms with Gasteiger partial charge in [-0.2, -0.15) is 5.10 Å². The number of methoxy groups -OCH3 is 3. The van der Waals surface area contributed by atoms with Gasteiger partial charge in [0, 0.05) is 36.0 Å². The van der Waals surface area contributed by atoms with E-state index in [1.807, 2.05) is 18.2 Å². The zero-order valence-corrected chi connectivity index (χ0v) is 19.1. The zero-order valence-electron chi connectivity index (χ0n) is 19.1. The molecule has 32 heavy (non-hydrogen) atoms. The minimum Gasteiger partial charge on any atom is -0.496 e. The first kappa shape index (κ1) is 24.5. The maximum Gasteiger partial charge on any atom is 0.259 e. The fourth-order valence-corrected chi connectivity index (χ4v) is 3.05. The van der Waals surface area contributed by atoms with Crippen molar-refractivity contribution in [3.8, 4) is 17.2 Å². The van der Waals surface area contributed by atoms with E-state index in [0.717, 1.165) is 24.3 Å².